The quantitative estimate of drug-likeness (QED) is 0.507. The van der Waals surface area contributed by atoms with E-state index in [1.807, 2.05) is 6.92 Å². The average molecular weight is 512 g/mol. The Balaban J connectivity index is 1.53. The van der Waals surface area contributed by atoms with Gasteiger partial charge < -0.3 is 15.0 Å². The Kier molecular flexibility index (Phi) is 7.13. The van der Waals surface area contributed by atoms with Gasteiger partial charge in [-0.25, -0.2) is 4.39 Å². The Labute approximate surface area is 214 Å². The predicted octanol–water partition coefficient (Wildman–Crippen LogP) is 5.62. The van der Waals surface area contributed by atoms with Crippen molar-refractivity contribution in [2.45, 2.75) is 45.6 Å². The van der Waals surface area contributed by atoms with Crippen molar-refractivity contribution >= 4 is 46.3 Å². The Morgan fingerprint density at radius 3 is 2.58 bits per heavy atom. The van der Waals surface area contributed by atoms with E-state index in [0.29, 0.717) is 23.2 Å². The molecule has 1 N–H and O–H groups in total. The molecule has 2 heterocycles. The van der Waals surface area contributed by atoms with Gasteiger partial charge in [0.15, 0.2) is 0 Å². The Morgan fingerprint density at radius 1 is 1.25 bits per heavy atom. The molecule has 0 aliphatic carbocycles. The number of fused-ring (bicyclic) bond motifs is 1. The van der Waals surface area contributed by atoms with Gasteiger partial charge in [0.2, 0.25) is 5.91 Å². The smallest absolute Gasteiger partial charge is 0.294 e. The number of hydrogen-bond acceptors (Lipinski definition) is 6. The first kappa shape index (κ1) is 25.8. The molecule has 1 unspecified atom stereocenters. The molecule has 2 aromatic carbocycles. The number of anilines is 2. The molecule has 3 amide bonds. The number of methoxy groups -OCH3 is 1. The molecule has 9 heteroatoms. The topological polar surface area (TPSA) is 79.0 Å². The van der Waals surface area contributed by atoms with Gasteiger partial charge >= 0.3 is 0 Å². The lowest BCUT2D eigenvalue weighted by Gasteiger charge is -2.47. The maximum absolute atomic E-state index is 15.2. The van der Waals surface area contributed by atoms with Crippen LogP contribution >= 0.6 is 11.8 Å². The fourth-order valence-corrected chi connectivity index (χ4v) is 5.86. The molecule has 190 valence electrons. The molecule has 0 spiro atoms. The molecule has 2 aliphatic heterocycles. The van der Waals surface area contributed by atoms with Crippen molar-refractivity contribution in [2.75, 3.05) is 30.4 Å². The molecule has 1 saturated heterocycles. The molecule has 36 heavy (non-hydrogen) atoms. The van der Waals surface area contributed by atoms with E-state index in [2.05, 4.69) is 31.0 Å². The monoisotopic (exact) mass is 511 g/mol. The number of carbonyl (C=O) groups excluding carboxylic acids is 3. The Morgan fingerprint density at radius 2 is 1.94 bits per heavy atom. The summed E-state index contributed by atoms with van der Waals surface area (Å²) in [7, 11) is 1.54. The number of ether oxygens (including phenoxy) is 1. The number of rotatable bonds is 6. The van der Waals surface area contributed by atoms with E-state index in [9.17, 15) is 14.4 Å². The maximum Gasteiger partial charge on any atom is 0.294 e. The zero-order valence-electron chi connectivity index (χ0n) is 21.1. The van der Waals surface area contributed by atoms with Crippen molar-refractivity contribution in [3.8, 4) is 5.75 Å². The summed E-state index contributed by atoms with van der Waals surface area (Å²) < 4.78 is 20.3. The summed E-state index contributed by atoms with van der Waals surface area (Å²) in [6.07, 6.45) is 2.32. The van der Waals surface area contributed by atoms with Gasteiger partial charge in [-0.1, -0.05) is 6.92 Å². The summed E-state index contributed by atoms with van der Waals surface area (Å²) in [4.78, 5) is 41.1. The number of hydrogen-bond donors (Lipinski definition) is 1. The van der Waals surface area contributed by atoms with Gasteiger partial charge in [-0.3, -0.25) is 19.3 Å². The average Bonchev–Trinajstić information content (AvgIpc) is 3.07. The third kappa shape index (κ3) is 4.97. The SMILES string of the molecule is CCN1c2cc(F)c(/C=C3/SC(=O)N(CC(=O)Nc4ccc(OC)cc4)C3=O)cc2C(C)CC1(C)C. The second-order valence-electron chi connectivity index (χ2n) is 9.64. The summed E-state index contributed by atoms with van der Waals surface area (Å²) in [6.45, 7) is 8.80. The van der Waals surface area contributed by atoms with Gasteiger partial charge in [0, 0.05) is 29.0 Å². The molecule has 7 nitrogen and oxygen atoms in total. The highest BCUT2D eigenvalue weighted by Gasteiger charge is 2.38. The van der Waals surface area contributed by atoms with Crippen LogP contribution in [-0.4, -0.2) is 47.7 Å². The van der Waals surface area contributed by atoms with Crippen LogP contribution < -0.4 is 15.0 Å². The third-order valence-corrected chi connectivity index (χ3v) is 7.56. The van der Waals surface area contributed by atoms with Crippen molar-refractivity contribution in [3.63, 3.8) is 0 Å². The molecule has 1 fully saturated rings. The van der Waals surface area contributed by atoms with E-state index in [1.54, 1.807) is 30.3 Å². The molecule has 0 saturated carbocycles. The summed E-state index contributed by atoms with van der Waals surface area (Å²) in [5.41, 5.74) is 2.55. The zero-order chi connectivity index (χ0) is 26.2. The Bertz CT molecular complexity index is 1240. The third-order valence-electron chi connectivity index (χ3n) is 6.66. The first-order valence-corrected chi connectivity index (χ1v) is 12.7. The minimum atomic E-state index is -0.614. The fraction of sp³-hybridized carbons (Fsp3) is 0.370. The zero-order valence-corrected chi connectivity index (χ0v) is 21.9. The van der Waals surface area contributed by atoms with Crippen molar-refractivity contribution in [1.29, 1.82) is 0 Å². The summed E-state index contributed by atoms with van der Waals surface area (Å²) in [5.74, 6) is -0.737. The second kappa shape index (κ2) is 9.97. The lowest BCUT2D eigenvalue weighted by molar-refractivity contribution is -0.127. The Hall–Kier alpha value is -3.33. The van der Waals surface area contributed by atoms with E-state index in [4.69, 9.17) is 4.74 Å². The van der Waals surface area contributed by atoms with Crippen LogP contribution in [0.2, 0.25) is 0 Å². The van der Waals surface area contributed by atoms with Crippen LogP contribution in [0.5, 0.6) is 5.75 Å². The maximum atomic E-state index is 15.2. The number of imide groups is 1. The van der Waals surface area contributed by atoms with E-state index >= 15 is 4.39 Å². The van der Waals surface area contributed by atoms with Crippen LogP contribution in [0, 0.1) is 5.82 Å². The molecule has 4 rings (SSSR count). The second-order valence-corrected chi connectivity index (χ2v) is 10.6. The van der Waals surface area contributed by atoms with E-state index in [0.717, 1.165) is 29.1 Å². The molecule has 0 aromatic heterocycles. The molecule has 1 atom stereocenters. The summed E-state index contributed by atoms with van der Waals surface area (Å²) >= 11 is 0.706. The molecule has 2 aliphatic rings. The van der Waals surface area contributed by atoms with Gasteiger partial charge in [-0.2, -0.15) is 0 Å². The number of benzene rings is 2. The van der Waals surface area contributed by atoms with Crippen molar-refractivity contribution in [1.82, 2.24) is 4.90 Å². The minimum absolute atomic E-state index is 0.0900. The van der Waals surface area contributed by atoms with Crippen LogP contribution in [0.3, 0.4) is 0 Å². The van der Waals surface area contributed by atoms with E-state index in [1.165, 1.54) is 19.3 Å². The van der Waals surface area contributed by atoms with E-state index < -0.39 is 29.4 Å². The highest BCUT2D eigenvalue weighted by molar-refractivity contribution is 8.18. The van der Waals surface area contributed by atoms with Gasteiger partial charge in [0.1, 0.15) is 18.1 Å². The molecule has 0 radical (unpaired) electrons. The van der Waals surface area contributed by atoms with Crippen LogP contribution in [0.1, 0.15) is 51.2 Å². The van der Waals surface area contributed by atoms with Gasteiger partial charge in [0.25, 0.3) is 11.1 Å². The minimum Gasteiger partial charge on any atom is -0.497 e. The van der Waals surface area contributed by atoms with Crippen molar-refractivity contribution in [3.05, 3.63) is 58.2 Å². The van der Waals surface area contributed by atoms with Crippen LogP contribution in [0.4, 0.5) is 20.6 Å². The summed E-state index contributed by atoms with van der Waals surface area (Å²) in [5, 5.41) is 2.09. The highest BCUT2D eigenvalue weighted by Crippen LogP contribution is 2.44. The highest BCUT2D eigenvalue weighted by atomic mass is 32.2. The van der Waals surface area contributed by atoms with Crippen LogP contribution in [0.15, 0.2) is 41.3 Å². The number of nitrogens with one attached hydrogen (secondary N) is 1. The molecular weight excluding hydrogens is 481 g/mol. The fourth-order valence-electron chi connectivity index (χ4n) is 5.03. The number of halogens is 1. The first-order valence-electron chi connectivity index (χ1n) is 11.8. The standard InChI is InChI=1S/C27H30FN3O4S/c1-6-31-22-13-21(28)17(11-20(22)16(2)14-27(31,3)4)12-23-25(33)30(26(34)36-23)15-24(32)29-18-7-9-19(35-5)10-8-18/h7-13,16H,6,14-15H2,1-5H3,(H,29,32)/b23-12+. The first-order chi connectivity index (χ1) is 17.0. The largest absolute Gasteiger partial charge is 0.497 e. The molecular formula is C27H30FN3O4S. The summed E-state index contributed by atoms with van der Waals surface area (Å²) in [6, 6.07) is 9.99. The molecule has 2 aromatic rings. The lowest BCUT2D eigenvalue weighted by atomic mass is 9.79. The van der Waals surface area contributed by atoms with Crippen molar-refractivity contribution in [2.24, 2.45) is 0 Å². The lowest BCUT2D eigenvalue weighted by Crippen LogP contribution is -2.48. The predicted molar refractivity (Wildman–Crippen MR) is 141 cm³/mol. The normalized spacial score (nSPS) is 20.1. The van der Waals surface area contributed by atoms with E-state index in [-0.39, 0.29) is 21.9 Å². The van der Waals surface area contributed by atoms with Gasteiger partial charge in [-0.05, 0) is 92.9 Å². The number of thioether (sulfide) groups is 1. The van der Waals surface area contributed by atoms with Gasteiger partial charge in [0.05, 0.1) is 12.0 Å². The van der Waals surface area contributed by atoms with Gasteiger partial charge in [-0.15, -0.1) is 0 Å². The number of nitrogens with zero attached hydrogens (tertiary/aromatic N) is 2. The van der Waals surface area contributed by atoms with Crippen molar-refractivity contribution < 1.29 is 23.5 Å². The van der Waals surface area contributed by atoms with Crippen LogP contribution in [-0.2, 0) is 9.59 Å². The number of amides is 3. The molecule has 0 bridgehead atoms. The van der Waals surface area contributed by atoms with Crippen LogP contribution in [0.25, 0.3) is 6.08 Å². The number of carbonyl (C=O) groups is 3.